The van der Waals surface area contributed by atoms with Gasteiger partial charge in [0, 0.05) is 31.1 Å². The van der Waals surface area contributed by atoms with Crippen molar-refractivity contribution in [1.29, 1.82) is 0 Å². The van der Waals surface area contributed by atoms with Crippen LogP contribution in [0.4, 0.5) is 11.4 Å². The third-order valence-electron chi connectivity index (χ3n) is 6.26. The summed E-state index contributed by atoms with van der Waals surface area (Å²) in [4.78, 5) is 15.3. The molecule has 5 nitrogen and oxygen atoms in total. The third kappa shape index (κ3) is 4.51. The largest absolute Gasteiger partial charge is 0.494 e. The van der Waals surface area contributed by atoms with Gasteiger partial charge in [0.05, 0.1) is 23.5 Å². The van der Waals surface area contributed by atoms with Crippen LogP contribution in [0.1, 0.15) is 37.7 Å². The summed E-state index contributed by atoms with van der Waals surface area (Å²) in [5.74, 6) is 0.942. The Balaban J connectivity index is 1.36. The lowest BCUT2D eigenvalue weighted by molar-refractivity contribution is -0.117. The van der Waals surface area contributed by atoms with Crippen molar-refractivity contribution < 1.29 is 9.53 Å². The molecule has 0 aromatic heterocycles. The molecule has 0 aliphatic carbocycles. The van der Waals surface area contributed by atoms with E-state index in [1.54, 1.807) is 19.2 Å². The van der Waals surface area contributed by atoms with Gasteiger partial charge in [0.25, 0.3) is 0 Å². The lowest BCUT2D eigenvalue weighted by Gasteiger charge is -2.39. The Kier molecular flexibility index (Phi) is 5.97. The number of hydrogen-bond acceptors (Lipinski definition) is 4. The van der Waals surface area contributed by atoms with Gasteiger partial charge in [-0.2, -0.15) is 0 Å². The molecule has 2 aliphatic rings. The number of benzene rings is 2. The lowest BCUT2D eigenvalue weighted by Crippen LogP contribution is -2.42. The molecular formula is C23H28ClN3O2. The van der Waals surface area contributed by atoms with E-state index in [2.05, 4.69) is 40.5 Å². The first-order valence-corrected chi connectivity index (χ1v) is 10.6. The van der Waals surface area contributed by atoms with Crippen LogP contribution in [0.2, 0.25) is 5.02 Å². The normalized spacial score (nSPS) is 23.7. The van der Waals surface area contributed by atoms with Crippen molar-refractivity contribution in [3.05, 3.63) is 53.1 Å². The maximum Gasteiger partial charge on any atom is 0.224 e. The van der Waals surface area contributed by atoms with Crippen LogP contribution in [-0.2, 0) is 11.3 Å². The maximum atomic E-state index is 12.7. The zero-order chi connectivity index (χ0) is 20.4. The van der Waals surface area contributed by atoms with Crippen LogP contribution in [0, 0.1) is 5.92 Å². The van der Waals surface area contributed by atoms with E-state index in [1.165, 1.54) is 18.4 Å². The zero-order valence-corrected chi connectivity index (χ0v) is 17.5. The van der Waals surface area contributed by atoms with Crippen molar-refractivity contribution in [2.75, 3.05) is 18.2 Å². The number of ether oxygens (including phenoxy) is 1. The molecule has 1 amide bonds. The highest BCUT2D eigenvalue weighted by Gasteiger charge is 2.40. The van der Waals surface area contributed by atoms with Gasteiger partial charge in [-0.3, -0.25) is 9.69 Å². The third-order valence-corrected chi connectivity index (χ3v) is 6.58. The first kappa shape index (κ1) is 20.0. The summed E-state index contributed by atoms with van der Waals surface area (Å²) in [5, 5.41) is 3.37. The van der Waals surface area contributed by atoms with Gasteiger partial charge < -0.3 is 15.8 Å². The topological polar surface area (TPSA) is 67.6 Å². The summed E-state index contributed by atoms with van der Waals surface area (Å²) in [6, 6.07) is 15.1. The fourth-order valence-electron chi connectivity index (χ4n) is 4.91. The Hall–Kier alpha value is -2.24. The molecule has 2 atom stereocenters. The first-order valence-electron chi connectivity index (χ1n) is 10.3. The van der Waals surface area contributed by atoms with Gasteiger partial charge in [-0.15, -0.1) is 0 Å². The van der Waals surface area contributed by atoms with Gasteiger partial charge in [-0.1, -0.05) is 41.9 Å². The molecule has 2 heterocycles. The summed E-state index contributed by atoms with van der Waals surface area (Å²) in [6.07, 6.45) is 5.15. The molecule has 6 heteroatoms. The number of nitrogens with zero attached hydrogens (tertiary/aromatic N) is 1. The van der Waals surface area contributed by atoms with E-state index >= 15 is 0 Å². The Morgan fingerprint density at radius 2 is 1.90 bits per heavy atom. The zero-order valence-electron chi connectivity index (χ0n) is 16.7. The van der Waals surface area contributed by atoms with E-state index in [0.717, 1.165) is 19.4 Å². The summed E-state index contributed by atoms with van der Waals surface area (Å²) < 4.78 is 5.33. The highest BCUT2D eigenvalue weighted by Crippen LogP contribution is 2.41. The molecule has 4 rings (SSSR count). The average molecular weight is 414 g/mol. The van der Waals surface area contributed by atoms with E-state index in [4.69, 9.17) is 22.1 Å². The molecule has 2 bridgehead atoms. The van der Waals surface area contributed by atoms with Gasteiger partial charge >= 0.3 is 0 Å². The second-order valence-electron chi connectivity index (χ2n) is 8.21. The molecule has 2 aromatic rings. The molecule has 2 fully saturated rings. The predicted octanol–water partition coefficient (Wildman–Crippen LogP) is 4.70. The summed E-state index contributed by atoms with van der Waals surface area (Å²) in [7, 11) is 1.55. The minimum atomic E-state index is 0.00467. The fourth-order valence-corrected chi connectivity index (χ4v) is 5.07. The number of rotatable bonds is 6. The monoisotopic (exact) mass is 413 g/mol. The number of anilines is 2. The van der Waals surface area contributed by atoms with E-state index in [-0.39, 0.29) is 5.91 Å². The van der Waals surface area contributed by atoms with Gasteiger partial charge in [0.15, 0.2) is 0 Å². The van der Waals surface area contributed by atoms with Crippen LogP contribution in [0.15, 0.2) is 42.5 Å². The first-order chi connectivity index (χ1) is 14.0. The van der Waals surface area contributed by atoms with Crippen molar-refractivity contribution in [1.82, 2.24) is 4.90 Å². The summed E-state index contributed by atoms with van der Waals surface area (Å²) >= 11 is 6.11. The standard InChI is InChI=1S/C23H28ClN3O2/c1-29-22-13-20(25)19(24)12-21(22)26-23(28)11-16-9-17-7-8-18(10-16)27(17)14-15-5-3-2-4-6-15/h2-6,12-13,16-18H,7-11,14,25H2,1H3,(H,26,28). The Bertz CT molecular complexity index is 860. The van der Waals surface area contributed by atoms with Gasteiger partial charge in [-0.05, 0) is 43.2 Å². The predicted molar refractivity (Wildman–Crippen MR) is 117 cm³/mol. The Labute approximate surface area is 177 Å². The maximum absolute atomic E-state index is 12.7. The van der Waals surface area contributed by atoms with Gasteiger partial charge in [0.2, 0.25) is 5.91 Å². The number of fused-ring (bicyclic) bond motifs is 2. The number of amides is 1. The van der Waals surface area contributed by atoms with E-state index < -0.39 is 0 Å². The SMILES string of the molecule is COc1cc(N)c(Cl)cc1NC(=O)CC1CC2CCC(C1)N2Cc1ccccc1. The highest BCUT2D eigenvalue weighted by molar-refractivity contribution is 6.33. The van der Waals surface area contributed by atoms with E-state index in [0.29, 0.717) is 46.6 Å². The van der Waals surface area contributed by atoms with Crippen molar-refractivity contribution in [2.24, 2.45) is 5.92 Å². The molecule has 0 radical (unpaired) electrons. The number of nitrogens with one attached hydrogen (secondary N) is 1. The number of nitrogen functional groups attached to an aromatic ring is 1. The second-order valence-corrected chi connectivity index (χ2v) is 8.61. The molecule has 29 heavy (non-hydrogen) atoms. The van der Waals surface area contributed by atoms with Crippen LogP contribution in [-0.4, -0.2) is 30.0 Å². The smallest absolute Gasteiger partial charge is 0.224 e. The molecule has 3 N–H and O–H groups in total. The van der Waals surface area contributed by atoms with E-state index in [1.807, 2.05) is 0 Å². The quantitative estimate of drug-likeness (QED) is 0.673. The number of nitrogens with two attached hydrogens (primary N) is 1. The molecule has 2 aliphatic heterocycles. The summed E-state index contributed by atoms with van der Waals surface area (Å²) in [6.45, 7) is 1.01. The minimum Gasteiger partial charge on any atom is -0.494 e. The van der Waals surface area contributed by atoms with Crippen LogP contribution < -0.4 is 15.8 Å². The number of carbonyl (C=O) groups excluding carboxylic acids is 1. The van der Waals surface area contributed by atoms with Crippen LogP contribution >= 0.6 is 11.6 Å². The lowest BCUT2D eigenvalue weighted by atomic mass is 9.87. The highest BCUT2D eigenvalue weighted by atomic mass is 35.5. The second kappa shape index (κ2) is 8.64. The van der Waals surface area contributed by atoms with E-state index in [9.17, 15) is 4.79 Å². The number of piperidine rings is 1. The minimum absolute atomic E-state index is 0.00467. The number of hydrogen-bond donors (Lipinski definition) is 2. The van der Waals surface area contributed by atoms with Crippen molar-refractivity contribution in [3.63, 3.8) is 0 Å². The molecule has 154 valence electrons. The number of halogens is 1. The Morgan fingerprint density at radius 3 is 2.55 bits per heavy atom. The van der Waals surface area contributed by atoms with Crippen molar-refractivity contribution in [3.8, 4) is 5.75 Å². The Morgan fingerprint density at radius 1 is 1.21 bits per heavy atom. The molecule has 2 unspecified atom stereocenters. The number of carbonyl (C=O) groups is 1. The molecular weight excluding hydrogens is 386 g/mol. The average Bonchev–Trinajstić information content (AvgIpc) is 2.93. The van der Waals surface area contributed by atoms with Gasteiger partial charge in [-0.25, -0.2) is 0 Å². The van der Waals surface area contributed by atoms with Gasteiger partial charge in [0.1, 0.15) is 5.75 Å². The summed E-state index contributed by atoms with van der Waals surface area (Å²) in [5.41, 5.74) is 8.19. The molecule has 0 saturated carbocycles. The fraction of sp³-hybridized carbons (Fsp3) is 0.435. The van der Waals surface area contributed by atoms with Crippen LogP contribution in [0.25, 0.3) is 0 Å². The van der Waals surface area contributed by atoms with Crippen LogP contribution in [0.3, 0.4) is 0 Å². The van der Waals surface area contributed by atoms with Crippen molar-refractivity contribution in [2.45, 2.75) is 50.7 Å². The molecule has 2 aromatic carbocycles. The molecule has 0 spiro atoms. The van der Waals surface area contributed by atoms with Crippen molar-refractivity contribution >= 4 is 28.9 Å². The molecule has 2 saturated heterocycles. The van der Waals surface area contributed by atoms with Crippen LogP contribution in [0.5, 0.6) is 5.75 Å². The number of methoxy groups -OCH3 is 1.